The molecule has 1 saturated heterocycles. The van der Waals surface area contributed by atoms with Gasteiger partial charge in [-0.25, -0.2) is 4.39 Å². The van der Waals surface area contributed by atoms with Crippen molar-refractivity contribution in [2.24, 2.45) is 0 Å². The Hall–Kier alpha value is -3.56. The zero-order chi connectivity index (χ0) is 25.9. The molecule has 0 bridgehead atoms. The first-order valence-electron chi connectivity index (χ1n) is 11.8. The van der Waals surface area contributed by atoms with E-state index in [0.29, 0.717) is 33.2 Å². The van der Waals surface area contributed by atoms with E-state index in [1.54, 1.807) is 24.4 Å². The molecular weight excluding hydrogens is 555 g/mol. The molecule has 0 aliphatic carbocycles. The van der Waals surface area contributed by atoms with Gasteiger partial charge in [0.25, 0.3) is 0 Å². The number of carbonyl (C=O) groups excluding carboxylic acids is 1. The summed E-state index contributed by atoms with van der Waals surface area (Å²) in [5, 5.41) is 6.78. The van der Waals surface area contributed by atoms with Crippen LogP contribution in [0.1, 0.15) is 35.5 Å². The van der Waals surface area contributed by atoms with Crippen LogP contribution >= 0.6 is 28.1 Å². The average Bonchev–Trinajstić information content (AvgIpc) is 3.47. The molecule has 5 rings (SSSR count). The van der Waals surface area contributed by atoms with Crippen molar-refractivity contribution in [2.45, 2.75) is 25.4 Å². The highest BCUT2D eigenvalue weighted by Gasteiger charge is 2.41. The minimum absolute atomic E-state index is 0.120. The Kier molecular flexibility index (Phi) is 7.34. The highest BCUT2D eigenvalue weighted by atomic mass is 79.9. The van der Waals surface area contributed by atoms with Crippen LogP contribution in [-0.2, 0) is 4.79 Å². The van der Waals surface area contributed by atoms with Crippen LogP contribution in [0, 0.1) is 12.7 Å². The maximum absolute atomic E-state index is 14.6. The van der Waals surface area contributed by atoms with Crippen LogP contribution in [0.15, 0.2) is 87.9 Å². The van der Waals surface area contributed by atoms with Gasteiger partial charge in [-0.2, -0.15) is 0 Å². The smallest absolute Gasteiger partial charge is 0.226 e. The number of nitrogens with one attached hydrogen (secondary N) is 2. The van der Waals surface area contributed by atoms with Gasteiger partial charge in [0.05, 0.1) is 17.3 Å². The van der Waals surface area contributed by atoms with Crippen molar-refractivity contribution in [1.29, 1.82) is 0 Å². The number of benzene rings is 2. The first-order valence-corrected chi connectivity index (χ1v) is 13.0. The fourth-order valence-electron chi connectivity index (χ4n) is 4.47. The molecule has 2 aromatic heterocycles. The van der Waals surface area contributed by atoms with Gasteiger partial charge in [-0.15, -0.1) is 0 Å². The number of aryl methyl sites for hydroxylation is 1. The quantitative estimate of drug-likeness (QED) is 0.242. The number of anilines is 1. The molecule has 1 amide bonds. The molecule has 37 heavy (non-hydrogen) atoms. The van der Waals surface area contributed by atoms with E-state index in [2.05, 4.69) is 31.5 Å². The Labute approximate surface area is 228 Å². The molecule has 2 N–H and O–H groups in total. The van der Waals surface area contributed by atoms with Gasteiger partial charge in [-0.05, 0) is 79.3 Å². The summed E-state index contributed by atoms with van der Waals surface area (Å²) < 4.78 is 21.5. The zero-order valence-electron chi connectivity index (χ0n) is 19.9. The van der Waals surface area contributed by atoms with Gasteiger partial charge in [0.15, 0.2) is 5.11 Å². The summed E-state index contributed by atoms with van der Waals surface area (Å²) in [7, 11) is 0. The molecule has 3 heterocycles. The van der Waals surface area contributed by atoms with Crippen molar-refractivity contribution in [1.82, 2.24) is 15.2 Å². The highest BCUT2D eigenvalue weighted by molar-refractivity contribution is 9.10. The van der Waals surface area contributed by atoms with E-state index in [1.165, 1.54) is 6.07 Å². The molecule has 0 spiro atoms. The van der Waals surface area contributed by atoms with Crippen molar-refractivity contribution >= 4 is 44.9 Å². The second-order valence-electron chi connectivity index (χ2n) is 8.81. The van der Waals surface area contributed by atoms with Gasteiger partial charge in [-0.3, -0.25) is 9.78 Å². The van der Waals surface area contributed by atoms with E-state index in [-0.39, 0.29) is 30.2 Å². The van der Waals surface area contributed by atoms with Crippen molar-refractivity contribution in [2.75, 3.05) is 11.9 Å². The van der Waals surface area contributed by atoms with Crippen molar-refractivity contribution in [3.8, 4) is 11.3 Å². The predicted octanol–water partition coefficient (Wildman–Crippen LogP) is 6.55. The van der Waals surface area contributed by atoms with Gasteiger partial charge in [0.1, 0.15) is 23.4 Å². The Bertz CT molecular complexity index is 1450. The SMILES string of the molecule is Cc1cccc(NC(=O)CCN2C(=S)NC(c3ccccn3)C2c2ccc(-c3ccc(Br)cc3F)o2)c1. The van der Waals surface area contributed by atoms with Crippen molar-refractivity contribution in [3.05, 3.63) is 106 Å². The first kappa shape index (κ1) is 25.1. The third-order valence-corrected chi connectivity index (χ3v) is 7.04. The summed E-state index contributed by atoms with van der Waals surface area (Å²) >= 11 is 8.97. The fourth-order valence-corrected chi connectivity index (χ4v) is 5.13. The van der Waals surface area contributed by atoms with Gasteiger partial charge in [0.2, 0.25) is 5.91 Å². The van der Waals surface area contributed by atoms with E-state index in [4.69, 9.17) is 16.6 Å². The number of aromatic nitrogens is 1. The molecule has 0 saturated carbocycles. The predicted molar refractivity (Wildman–Crippen MR) is 148 cm³/mol. The average molecular weight is 579 g/mol. The van der Waals surface area contributed by atoms with Gasteiger partial charge < -0.3 is 20.0 Å². The number of amides is 1. The second-order valence-corrected chi connectivity index (χ2v) is 10.1. The standard InChI is InChI=1S/C28H24BrFN4O2S/c1-17-5-4-6-19(15-17)32-25(35)12-14-34-27(26(33-28(34)37)22-7-2-3-13-31-22)24-11-10-23(36-24)20-9-8-18(29)16-21(20)30/h2-11,13,15-16,26-27H,12,14H2,1H3,(H,32,35)(H,33,37). The van der Waals surface area contributed by atoms with Crippen LogP contribution in [0.2, 0.25) is 0 Å². The number of rotatable bonds is 7. The maximum Gasteiger partial charge on any atom is 0.226 e. The molecule has 2 atom stereocenters. The van der Waals surface area contributed by atoms with E-state index < -0.39 is 0 Å². The molecular formula is C28H24BrFN4O2S. The Balaban J connectivity index is 1.41. The Morgan fingerprint density at radius 2 is 2.03 bits per heavy atom. The number of hydrogen-bond donors (Lipinski definition) is 2. The summed E-state index contributed by atoms with van der Waals surface area (Å²) in [6, 6.07) is 21.1. The summed E-state index contributed by atoms with van der Waals surface area (Å²) in [6.45, 7) is 2.34. The number of furan rings is 1. The van der Waals surface area contributed by atoms with Crippen LogP contribution < -0.4 is 10.6 Å². The number of thiocarbonyl (C=S) groups is 1. The lowest BCUT2D eigenvalue weighted by atomic mass is 10.0. The molecule has 2 aromatic carbocycles. The second kappa shape index (κ2) is 10.8. The van der Waals surface area contributed by atoms with Crippen LogP contribution in [-0.4, -0.2) is 27.4 Å². The third kappa shape index (κ3) is 5.57. The topological polar surface area (TPSA) is 70.4 Å². The molecule has 1 aliphatic heterocycles. The Morgan fingerprint density at radius 1 is 1.16 bits per heavy atom. The van der Waals surface area contributed by atoms with Crippen LogP contribution in [0.5, 0.6) is 0 Å². The van der Waals surface area contributed by atoms with E-state index in [9.17, 15) is 9.18 Å². The minimum atomic E-state index is -0.388. The summed E-state index contributed by atoms with van der Waals surface area (Å²) in [4.78, 5) is 19.2. The first-order chi connectivity index (χ1) is 17.9. The molecule has 1 fully saturated rings. The lowest BCUT2D eigenvalue weighted by Gasteiger charge is -2.25. The number of carbonyl (C=O) groups is 1. The van der Waals surface area contributed by atoms with Gasteiger partial charge in [-0.1, -0.05) is 34.1 Å². The van der Waals surface area contributed by atoms with Crippen LogP contribution in [0.25, 0.3) is 11.3 Å². The van der Waals surface area contributed by atoms with E-state index >= 15 is 0 Å². The normalized spacial score (nSPS) is 17.1. The number of hydrogen-bond acceptors (Lipinski definition) is 4. The zero-order valence-corrected chi connectivity index (χ0v) is 22.4. The van der Waals surface area contributed by atoms with Crippen molar-refractivity contribution in [3.63, 3.8) is 0 Å². The monoisotopic (exact) mass is 578 g/mol. The van der Waals surface area contributed by atoms with Gasteiger partial charge >= 0.3 is 0 Å². The minimum Gasteiger partial charge on any atom is -0.459 e. The summed E-state index contributed by atoms with van der Waals surface area (Å²) in [5.74, 6) is 0.501. The lowest BCUT2D eigenvalue weighted by molar-refractivity contribution is -0.116. The summed E-state index contributed by atoms with van der Waals surface area (Å²) in [5.41, 5.74) is 2.97. The van der Waals surface area contributed by atoms with Gasteiger partial charge in [0, 0.05) is 29.3 Å². The molecule has 0 radical (unpaired) electrons. The fraction of sp³-hybridized carbons (Fsp3) is 0.179. The number of nitrogens with zero attached hydrogens (tertiary/aromatic N) is 2. The highest BCUT2D eigenvalue weighted by Crippen LogP contribution is 2.41. The maximum atomic E-state index is 14.6. The largest absolute Gasteiger partial charge is 0.459 e. The third-order valence-electron chi connectivity index (χ3n) is 6.19. The summed E-state index contributed by atoms with van der Waals surface area (Å²) in [6.07, 6.45) is 1.94. The molecule has 6 nitrogen and oxygen atoms in total. The Morgan fingerprint density at radius 3 is 2.78 bits per heavy atom. The molecule has 188 valence electrons. The van der Waals surface area contributed by atoms with Crippen LogP contribution in [0.3, 0.4) is 0 Å². The van der Waals surface area contributed by atoms with E-state index in [1.807, 2.05) is 60.4 Å². The molecule has 9 heteroatoms. The number of halogens is 2. The molecule has 4 aromatic rings. The van der Waals surface area contributed by atoms with Crippen LogP contribution in [0.4, 0.5) is 10.1 Å². The number of pyridine rings is 1. The lowest BCUT2D eigenvalue weighted by Crippen LogP contribution is -2.32. The molecule has 1 aliphatic rings. The van der Waals surface area contributed by atoms with E-state index in [0.717, 1.165) is 16.9 Å². The molecule has 2 unspecified atom stereocenters. The van der Waals surface area contributed by atoms with Crippen molar-refractivity contribution < 1.29 is 13.6 Å².